The Morgan fingerprint density at radius 1 is 1.09 bits per heavy atom. The van der Waals surface area contributed by atoms with Gasteiger partial charge in [-0.1, -0.05) is 42.5 Å². The van der Waals surface area contributed by atoms with Gasteiger partial charge in [-0.25, -0.2) is 9.37 Å². The van der Waals surface area contributed by atoms with Crippen LogP contribution >= 0.6 is 11.3 Å². The number of carbonyl (C=O) groups excluding carboxylic acids is 1. The van der Waals surface area contributed by atoms with E-state index in [1.54, 1.807) is 12.1 Å². The molecule has 22 heavy (non-hydrogen) atoms. The fourth-order valence-electron chi connectivity index (χ4n) is 2.03. The number of rotatable bonds is 4. The van der Waals surface area contributed by atoms with E-state index in [-0.39, 0.29) is 12.1 Å². The Morgan fingerprint density at radius 2 is 1.82 bits per heavy atom. The minimum Gasteiger partial charge on any atom is -0.345 e. The Labute approximate surface area is 131 Å². The van der Waals surface area contributed by atoms with Gasteiger partial charge in [-0.15, -0.1) is 11.3 Å². The molecule has 0 bridgehead atoms. The van der Waals surface area contributed by atoms with Gasteiger partial charge < -0.3 is 5.32 Å². The largest absolute Gasteiger partial charge is 0.345 e. The van der Waals surface area contributed by atoms with Crippen LogP contribution in [0.3, 0.4) is 0 Å². The van der Waals surface area contributed by atoms with E-state index in [9.17, 15) is 9.18 Å². The van der Waals surface area contributed by atoms with E-state index in [1.165, 1.54) is 23.5 Å². The van der Waals surface area contributed by atoms with Crippen molar-refractivity contribution >= 4 is 17.2 Å². The Balaban J connectivity index is 1.67. The van der Waals surface area contributed by atoms with E-state index < -0.39 is 11.7 Å². The van der Waals surface area contributed by atoms with Gasteiger partial charge in [-0.3, -0.25) is 4.79 Å². The number of benzene rings is 2. The van der Waals surface area contributed by atoms with Crippen molar-refractivity contribution in [3.05, 3.63) is 76.4 Å². The van der Waals surface area contributed by atoms with Crippen LogP contribution in [0, 0.1) is 5.82 Å². The molecule has 5 heteroatoms. The number of aromatic nitrogens is 1. The first-order valence-corrected chi connectivity index (χ1v) is 7.64. The molecule has 3 rings (SSSR count). The third kappa shape index (κ3) is 3.20. The average molecular weight is 312 g/mol. The summed E-state index contributed by atoms with van der Waals surface area (Å²) in [7, 11) is 0. The second-order valence-electron chi connectivity index (χ2n) is 4.66. The second kappa shape index (κ2) is 6.49. The standard InChI is InChI=1S/C17H13FN2OS/c18-14-9-5-4-8-13(14)17(21)19-10-16-20-15(11-22-16)12-6-2-1-3-7-12/h1-9,11H,10H2,(H,19,21). The second-order valence-corrected chi connectivity index (χ2v) is 5.60. The number of hydrogen-bond donors (Lipinski definition) is 1. The summed E-state index contributed by atoms with van der Waals surface area (Å²) in [5.41, 5.74) is 1.95. The van der Waals surface area contributed by atoms with Gasteiger partial charge >= 0.3 is 0 Å². The van der Waals surface area contributed by atoms with Gasteiger partial charge in [0, 0.05) is 10.9 Å². The molecule has 1 heterocycles. The monoisotopic (exact) mass is 312 g/mol. The van der Waals surface area contributed by atoms with E-state index in [0.717, 1.165) is 16.3 Å². The van der Waals surface area contributed by atoms with Crippen LogP contribution in [-0.2, 0) is 6.54 Å². The number of thiazole rings is 1. The minimum absolute atomic E-state index is 0.0438. The minimum atomic E-state index is -0.524. The number of nitrogens with one attached hydrogen (secondary N) is 1. The maximum absolute atomic E-state index is 13.5. The van der Waals surface area contributed by atoms with Gasteiger partial charge in [0.2, 0.25) is 0 Å². The fourth-order valence-corrected chi connectivity index (χ4v) is 2.77. The van der Waals surface area contributed by atoms with E-state index in [0.29, 0.717) is 0 Å². The molecule has 3 nitrogen and oxygen atoms in total. The van der Waals surface area contributed by atoms with Gasteiger partial charge in [0.15, 0.2) is 0 Å². The molecule has 0 saturated heterocycles. The van der Waals surface area contributed by atoms with Gasteiger partial charge in [-0.05, 0) is 12.1 Å². The topological polar surface area (TPSA) is 42.0 Å². The first kappa shape index (κ1) is 14.4. The molecule has 0 atom stereocenters. The van der Waals surface area contributed by atoms with Gasteiger partial charge in [-0.2, -0.15) is 0 Å². The summed E-state index contributed by atoms with van der Waals surface area (Å²) in [6.45, 7) is 0.282. The maximum atomic E-state index is 13.5. The molecule has 2 aromatic carbocycles. The van der Waals surface area contributed by atoms with Crippen molar-refractivity contribution in [3.8, 4) is 11.3 Å². The Morgan fingerprint density at radius 3 is 2.59 bits per heavy atom. The molecule has 1 N–H and O–H groups in total. The summed E-state index contributed by atoms with van der Waals surface area (Å²) in [4.78, 5) is 16.4. The fraction of sp³-hybridized carbons (Fsp3) is 0.0588. The van der Waals surface area contributed by atoms with Crippen LogP contribution in [0.1, 0.15) is 15.4 Å². The molecule has 110 valence electrons. The van der Waals surface area contributed by atoms with Crippen molar-refractivity contribution in [2.75, 3.05) is 0 Å². The number of carbonyl (C=O) groups is 1. The van der Waals surface area contributed by atoms with Gasteiger partial charge in [0.25, 0.3) is 5.91 Å². The molecular formula is C17H13FN2OS. The number of halogens is 1. The zero-order valence-electron chi connectivity index (χ0n) is 11.6. The number of hydrogen-bond acceptors (Lipinski definition) is 3. The lowest BCUT2D eigenvalue weighted by atomic mass is 10.2. The molecular weight excluding hydrogens is 299 g/mol. The Hall–Kier alpha value is -2.53. The molecule has 0 spiro atoms. The first-order chi connectivity index (χ1) is 10.7. The predicted molar refractivity (Wildman–Crippen MR) is 85.1 cm³/mol. The quantitative estimate of drug-likeness (QED) is 0.794. The van der Waals surface area contributed by atoms with E-state index in [2.05, 4.69) is 10.3 Å². The van der Waals surface area contributed by atoms with E-state index in [4.69, 9.17) is 0 Å². The van der Waals surface area contributed by atoms with Gasteiger partial charge in [0.1, 0.15) is 10.8 Å². The predicted octanol–water partition coefficient (Wildman–Crippen LogP) is 3.88. The van der Waals surface area contributed by atoms with Crippen LogP contribution < -0.4 is 5.32 Å². The van der Waals surface area contributed by atoms with Crippen LogP contribution in [0.25, 0.3) is 11.3 Å². The van der Waals surface area contributed by atoms with Gasteiger partial charge in [0.05, 0.1) is 17.8 Å². The van der Waals surface area contributed by atoms with E-state index in [1.807, 2.05) is 35.7 Å². The molecule has 3 aromatic rings. The Kier molecular flexibility index (Phi) is 4.25. The van der Waals surface area contributed by atoms with Crippen molar-refractivity contribution in [1.82, 2.24) is 10.3 Å². The molecule has 1 aromatic heterocycles. The lowest BCUT2D eigenvalue weighted by molar-refractivity contribution is 0.0947. The van der Waals surface area contributed by atoms with Crippen LogP contribution in [-0.4, -0.2) is 10.9 Å². The summed E-state index contributed by atoms with van der Waals surface area (Å²) in [6.07, 6.45) is 0. The van der Waals surface area contributed by atoms with Crippen molar-refractivity contribution < 1.29 is 9.18 Å². The van der Waals surface area contributed by atoms with Crippen LogP contribution in [0.2, 0.25) is 0 Å². The lowest BCUT2D eigenvalue weighted by Crippen LogP contribution is -2.23. The molecule has 0 aliphatic rings. The molecule has 0 unspecified atom stereocenters. The highest BCUT2D eigenvalue weighted by atomic mass is 32.1. The van der Waals surface area contributed by atoms with Crippen LogP contribution in [0.15, 0.2) is 60.0 Å². The SMILES string of the molecule is O=C(NCc1nc(-c2ccccc2)cs1)c1ccccc1F. The smallest absolute Gasteiger partial charge is 0.254 e. The van der Waals surface area contributed by atoms with E-state index >= 15 is 0 Å². The average Bonchev–Trinajstić information content (AvgIpc) is 3.03. The van der Waals surface area contributed by atoms with Crippen molar-refractivity contribution in [2.24, 2.45) is 0 Å². The van der Waals surface area contributed by atoms with Crippen molar-refractivity contribution in [2.45, 2.75) is 6.54 Å². The maximum Gasteiger partial charge on any atom is 0.254 e. The third-order valence-corrected chi connectivity index (χ3v) is 3.99. The lowest BCUT2D eigenvalue weighted by Gasteiger charge is -2.03. The summed E-state index contributed by atoms with van der Waals surface area (Å²) in [5, 5.41) is 5.42. The molecule has 0 aliphatic carbocycles. The molecule has 0 aliphatic heterocycles. The highest BCUT2D eigenvalue weighted by Gasteiger charge is 2.11. The van der Waals surface area contributed by atoms with Crippen molar-refractivity contribution in [3.63, 3.8) is 0 Å². The Bertz CT molecular complexity index is 786. The molecule has 0 saturated carbocycles. The summed E-state index contributed by atoms with van der Waals surface area (Å²) in [5.74, 6) is -0.960. The molecule has 0 radical (unpaired) electrons. The highest BCUT2D eigenvalue weighted by molar-refractivity contribution is 7.09. The third-order valence-electron chi connectivity index (χ3n) is 3.14. The summed E-state index contributed by atoms with van der Waals surface area (Å²) >= 11 is 1.47. The van der Waals surface area contributed by atoms with Crippen LogP contribution in [0.5, 0.6) is 0 Å². The molecule has 0 fully saturated rings. The van der Waals surface area contributed by atoms with Crippen LogP contribution in [0.4, 0.5) is 4.39 Å². The highest BCUT2D eigenvalue weighted by Crippen LogP contribution is 2.21. The number of nitrogens with zero attached hydrogens (tertiary/aromatic N) is 1. The first-order valence-electron chi connectivity index (χ1n) is 6.76. The number of amides is 1. The zero-order chi connectivity index (χ0) is 15.4. The van der Waals surface area contributed by atoms with Crippen molar-refractivity contribution in [1.29, 1.82) is 0 Å². The summed E-state index contributed by atoms with van der Waals surface area (Å²) in [6, 6.07) is 15.7. The summed E-state index contributed by atoms with van der Waals surface area (Å²) < 4.78 is 13.5. The normalized spacial score (nSPS) is 10.4. The zero-order valence-corrected chi connectivity index (χ0v) is 12.4. The molecule has 1 amide bonds.